The van der Waals surface area contributed by atoms with Crippen LogP contribution in [0.2, 0.25) is 0 Å². The summed E-state index contributed by atoms with van der Waals surface area (Å²) in [6.07, 6.45) is 7.86. The highest BCUT2D eigenvalue weighted by Crippen LogP contribution is 2.28. The van der Waals surface area contributed by atoms with Gasteiger partial charge in [0.15, 0.2) is 0 Å². The van der Waals surface area contributed by atoms with Gasteiger partial charge >= 0.3 is 6.03 Å². The molecule has 20 heavy (non-hydrogen) atoms. The van der Waals surface area contributed by atoms with E-state index in [9.17, 15) is 9.90 Å². The van der Waals surface area contributed by atoms with Gasteiger partial charge in [0.25, 0.3) is 0 Å². The second-order valence-electron chi connectivity index (χ2n) is 5.82. The number of hydrogen-bond acceptors (Lipinski definition) is 3. The minimum Gasteiger partial charge on any atom is -0.389 e. The van der Waals surface area contributed by atoms with Crippen LogP contribution in [0.15, 0.2) is 0 Å². The normalized spacial score (nSPS) is 24.1. The predicted molar refractivity (Wildman–Crippen MR) is 79.7 cm³/mol. The monoisotopic (exact) mass is 286 g/mol. The van der Waals surface area contributed by atoms with E-state index in [2.05, 4.69) is 17.6 Å². The third-order valence-electron chi connectivity index (χ3n) is 4.01. The van der Waals surface area contributed by atoms with Gasteiger partial charge in [0.05, 0.1) is 12.7 Å². The first kappa shape index (κ1) is 17.2. The van der Waals surface area contributed by atoms with Crippen LogP contribution in [0.25, 0.3) is 0 Å². The number of carbonyl (C=O) groups excluding carboxylic acids is 1. The first-order valence-electron chi connectivity index (χ1n) is 7.87. The molecule has 1 aliphatic rings. The molecule has 0 saturated heterocycles. The van der Waals surface area contributed by atoms with Gasteiger partial charge in [0.2, 0.25) is 0 Å². The number of aliphatic hydroxyl groups is 1. The Labute approximate surface area is 122 Å². The van der Waals surface area contributed by atoms with Crippen LogP contribution in [0.5, 0.6) is 0 Å². The van der Waals surface area contributed by atoms with E-state index in [1.54, 1.807) is 0 Å². The molecular formula is C15H30N2O3. The van der Waals surface area contributed by atoms with E-state index in [1.165, 1.54) is 39.2 Å². The number of aliphatic hydroxyl groups excluding tert-OH is 1. The van der Waals surface area contributed by atoms with Crippen molar-refractivity contribution < 1.29 is 14.6 Å². The Morgan fingerprint density at radius 3 is 2.65 bits per heavy atom. The van der Waals surface area contributed by atoms with Crippen LogP contribution in [-0.2, 0) is 4.74 Å². The molecule has 0 aromatic rings. The molecule has 0 heterocycles. The summed E-state index contributed by atoms with van der Waals surface area (Å²) in [6.45, 7) is 2.70. The van der Waals surface area contributed by atoms with Crippen LogP contribution in [0.1, 0.15) is 51.9 Å². The maximum absolute atomic E-state index is 11.7. The first-order valence-corrected chi connectivity index (χ1v) is 7.87. The molecule has 0 aliphatic heterocycles. The fraction of sp³-hybridized carbons (Fsp3) is 0.933. The molecule has 1 rings (SSSR count). The summed E-state index contributed by atoms with van der Waals surface area (Å²) in [5.41, 5.74) is 0. The summed E-state index contributed by atoms with van der Waals surface area (Å²) in [5, 5.41) is 15.1. The lowest BCUT2D eigenvalue weighted by atomic mass is 9.83. The Hall–Kier alpha value is -0.810. The lowest BCUT2D eigenvalue weighted by Gasteiger charge is -2.29. The highest BCUT2D eigenvalue weighted by Gasteiger charge is 2.22. The maximum Gasteiger partial charge on any atom is 0.315 e. The van der Waals surface area contributed by atoms with Crippen molar-refractivity contribution >= 4 is 6.03 Å². The molecule has 0 radical (unpaired) electrons. The van der Waals surface area contributed by atoms with Crippen molar-refractivity contribution in [3.63, 3.8) is 0 Å². The maximum atomic E-state index is 11.7. The summed E-state index contributed by atoms with van der Waals surface area (Å²) >= 11 is 0. The Balaban J connectivity index is 2.11. The SMILES string of the molecule is CCCCC1CCC(NC(=O)NCC(O)COC)CC1. The third-order valence-corrected chi connectivity index (χ3v) is 4.01. The van der Waals surface area contributed by atoms with Gasteiger partial charge in [-0.1, -0.05) is 26.2 Å². The molecule has 5 heteroatoms. The van der Waals surface area contributed by atoms with Crippen molar-refractivity contribution in [1.82, 2.24) is 10.6 Å². The average Bonchev–Trinajstić information content (AvgIpc) is 2.45. The Morgan fingerprint density at radius 2 is 2.05 bits per heavy atom. The molecular weight excluding hydrogens is 256 g/mol. The summed E-state index contributed by atoms with van der Waals surface area (Å²) < 4.78 is 4.81. The third kappa shape index (κ3) is 7.10. The largest absolute Gasteiger partial charge is 0.389 e. The minimum absolute atomic E-state index is 0.183. The molecule has 1 unspecified atom stereocenters. The zero-order chi connectivity index (χ0) is 14.8. The molecule has 0 aromatic heterocycles. The van der Waals surface area contributed by atoms with E-state index in [4.69, 9.17) is 4.74 Å². The molecule has 0 aromatic carbocycles. The number of hydrogen-bond donors (Lipinski definition) is 3. The molecule has 1 fully saturated rings. The summed E-state index contributed by atoms with van der Waals surface area (Å²) in [6, 6.07) is 0.101. The van der Waals surface area contributed by atoms with Crippen molar-refractivity contribution in [2.45, 2.75) is 64.0 Å². The van der Waals surface area contributed by atoms with Crippen molar-refractivity contribution in [1.29, 1.82) is 0 Å². The van der Waals surface area contributed by atoms with E-state index in [0.717, 1.165) is 18.8 Å². The summed E-state index contributed by atoms with van der Waals surface area (Å²) in [5.74, 6) is 0.847. The minimum atomic E-state index is -0.643. The van der Waals surface area contributed by atoms with Crippen LogP contribution < -0.4 is 10.6 Å². The van der Waals surface area contributed by atoms with Crippen molar-refractivity contribution in [3.8, 4) is 0 Å². The van der Waals surface area contributed by atoms with Crippen LogP contribution in [0.3, 0.4) is 0 Å². The molecule has 0 spiro atoms. The molecule has 118 valence electrons. The summed E-state index contributed by atoms with van der Waals surface area (Å²) in [7, 11) is 1.53. The first-order chi connectivity index (χ1) is 9.65. The number of unbranched alkanes of at least 4 members (excludes halogenated alkanes) is 1. The zero-order valence-electron chi connectivity index (χ0n) is 12.9. The Morgan fingerprint density at radius 1 is 1.35 bits per heavy atom. The predicted octanol–water partition coefficient (Wildman–Crippen LogP) is 2.04. The second kappa shape index (κ2) is 10.00. The highest BCUT2D eigenvalue weighted by molar-refractivity contribution is 5.74. The van der Waals surface area contributed by atoms with Crippen molar-refractivity contribution in [2.24, 2.45) is 5.92 Å². The van der Waals surface area contributed by atoms with Gasteiger partial charge in [-0.15, -0.1) is 0 Å². The number of nitrogens with one attached hydrogen (secondary N) is 2. The van der Waals surface area contributed by atoms with Crippen LogP contribution in [0.4, 0.5) is 4.79 Å². The molecule has 1 aliphatic carbocycles. The molecule has 1 atom stereocenters. The highest BCUT2D eigenvalue weighted by atomic mass is 16.5. The van der Waals surface area contributed by atoms with Gasteiger partial charge in [-0.2, -0.15) is 0 Å². The zero-order valence-corrected chi connectivity index (χ0v) is 12.9. The number of amides is 2. The van der Waals surface area contributed by atoms with Gasteiger partial charge in [-0.25, -0.2) is 4.79 Å². The molecule has 3 N–H and O–H groups in total. The van der Waals surface area contributed by atoms with Gasteiger partial charge in [-0.3, -0.25) is 0 Å². The molecule has 5 nitrogen and oxygen atoms in total. The Bertz CT molecular complexity index is 266. The van der Waals surface area contributed by atoms with Crippen LogP contribution in [-0.4, -0.2) is 43.5 Å². The average molecular weight is 286 g/mol. The molecule has 1 saturated carbocycles. The summed E-state index contributed by atoms with van der Waals surface area (Å²) in [4.78, 5) is 11.7. The van der Waals surface area contributed by atoms with Crippen LogP contribution >= 0.6 is 0 Å². The van der Waals surface area contributed by atoms with Gasteiger partial charge in [0, 0.05) is 19.7 Å². The molecule has 0 bridgehead atoms. The van der Waals surface area contributed by atoms with Gasteiger partial charge in [0.1, 0.15) is 0 Å². The lowest BCUT2D eigenvalue weighted by Crippen LogP contribution is -2.46. The Kier molecular flexibility index (Phi) is 8.62. The van der Waals surface area contributed by atoms with E-state index >= 15 is 0 Å². The number of urea groups is 1. The van der Waals surface area contributed by atoms with Crippen molar-refractivity contribution in [3.05, 3.63) is 0 Å². The standard InChI is InChI=1S/C15H30N2O3/c1-3-4-5-12-6-8-13(9-7-12)17-15(19)16-10-14(18)11-20-2/h12-14,18H,3-11H2,1-2H3,(H2,16,17,19). The van der Waals surface area contributed by atoms with Gasteiger partial charge < -0.3 is 20.5 Å². The van der Waals surface area contributed by atoms with E-state index in [0.29, 0.717) is 0 Å². The fourth-order valence-electron chi connectivity index (χ4n) is 2.79. The number of carbonyl (C=O) groups is 1. The molecule has 2 amide bonds. The number of rotatable bonds is 8. The van der Waals surface area contributed by atoms with E-state index < -0.39 is 6.10 Å². The smallest absolute Gasteiger partial charge is 0.315 e. The van der Waals surface area contributed by atoms with Crippen LogP contribution in [0, 0.1) is 5.92 Å². The van der Waals surface area contributed by atoms with E-state index in [-0.39, 0.29) is 25.2 Å². The lowest BCUT2D eigenvalue weighted by molar-refractivity contribution is 0.0658. The fourth-order valence-corrected chi connectivity index (χ4v) is 2.79. The van der Waals surface area contributed by atoms with Crippen molar-refractivity contribution in [2.75, 3.05) is 20.3 Å². The number of methoxy groups -OCH3 is 1. The van der Waals surface area contributed by atoms with E-state index in [1.807, 2.05) is 0 Å². The van der Waals surface area contributed by atoms with Gasteiger partial charge in [-0.05, 0) is 31.6 Å². The topological polar surface area (TPSA) is 70.6 Å². The quantitative estimate of drug-likeness (QED) is 0.639. The second-order valence-corrected chi connectivity index (χ2v) is 5.82. The number of ether oxygens (including phenoxy) is 1.